The normalized spacial score (nSPS) is 11.1. The molecule has 0 aliphatic rings. The summed E-state index contributed by atoms with van der Waals surface area (Å²) in [6, 6.07) is 17.7. The Hall–Kier alpha value is -3.72. The van der Waals surface area contributed by atoms with Crippen LogP contribution in [0.3, 0.4) is 0 Å². The van der Waals surface area contributed by atoms with Gasteiger partial charge in [0.05, 0.1) is 25.6 Å². The molecule has 5 rings (SSSR count). The number of rotatable bonds is 6. The fraction of sp³-hybridized carbons (Fsp3) is 0.143. The summed E-state index contributed by atoms with van der Waals surface area (Å²) in [5, 5.41) is 21.6. The summed E-state index contributed by atoms with van der Waals surface area (Å²) in [6.07, 6.45) is 0.633. The molecule has 5 aromatic rings. The molecule has 2 aromatic carbocycles. The zero-order valence-corrected chi connectivity index (χ0v) is 17.2. The molecule has 0 aliphatic heterocycles. The maximum atomic E-state index is 5.21. The van der Waals surface area contributed by atoms with Crippen LogP contribution >= 0.6 is 11.3 Å². The Morgan fingerprint density at radius 2 is 1.63 bits per heavy atom. The van der Waals surface area contributed by atoms with Gasteiger partial charge in [-0.25, -0.2) is 0 Å². The molecule has 8 nitrogen and oxygen atoms in total. The van der Waals surface area contributed by atoms with Crippen molar-refractivity contribution in [3.63, 3.8) is 0 Å². The number of aromatic nitrogens is 6. The predicted molar refractivity (Wildman–Crippen MR) is 114 cm³/mol. The Morgan fingerprint density at radius 1 is 0.933 bits per heavy atom. The van der Waals surface area contributed by atoms with Crippen molar-refractivity contribution in [2.24, 2.45) is 0 Å². The molecular weight excluding hydrogens is 400 g/mol. The van der Waals surface area contributed by atoms with Crippen LogP contribution in [0.1, 0.15) is 11.4 Å². The highest BCUT2D eigenvalue weighted by Gasteiger charge is 2.15. The van der Waals surface area contributed by atoms with E-state index in [0.717, 1.165) is 49.8 Å². The number of nitrogens with one attached hydrogen (secondary N) is 1. The maximum Gasteiger partial charge on any atom is 0.235 e. The number of nitrogens with zero attached hydrogens (tertiary/aromatic N) is 5. The second kappa shape index (κ2) is 7.60. The fourth-order valence-corrected chi connectivity index (χ4v) is 3.97. The predicted octanol–water partition coefficient (Wildman–Crippen LogP) is 3.85. The summed E-state index contributed by atoms with van der Waals surface area (Å²) in [5.74, 6) is 2.42. The number of hydrogen-bond acceptors (Lipinski definition) is 7. The fourth-order valence-electron chi connectivity index (χ4n) is 3.14. The lowest BCUT2D eigenvalue weighted by Crippen LogP contribution is -1.98. The average molecular weight is 418 g/mol. The summed E-state index contributed by atoms with van der Waals surface area (Å²) in [7, 11) is 3.31. The first-order chi connectivity index (χ1) is 14.7. The van der Waals surface area contributed by atoms with Crippen molar-refractivity contribution in [2.45, 2.75) is 6.42 Å². The van der Waals surface area contributed by atoms with Gasteiger partial charge in [-0.05, 0) is 48.0 Å². The van der Waals surface area contributed by atoms with E-state index in [9.17, 15) is 0 Å². The quantitative estimate of drug-likeness (QED) is 0.450. The SMILES string of the molecule is COc1ccc(Cc2nnc3sc(-c4cc(-c5ccc(OC)cc5)n[nH]4)nn23)cc1. The Kier molecular flexibility index (Phi) is 4.64. The Balaban J connectivity index is 1.41. The molecule has 0 spiro atoms. The molecule has 9 heteroatoms. The molecule has 0 unspecified atom stereocenters. The zero-order valence-electron chi connectivity index (χ0n) is 16.4. The molecule has 0 saturated heterocycles. The van der Waals surface area contributed by atoms with Crippen LogP contribution in [0.5, 0.6) is 11.5 Å². The number of H-pyrrole nitrogens is 1. The number of methoxy groups -OCH3 is 2. The lowest BCUT2D eigenvalue weighted by atomic mass is 10.1. The van der Waals surface area contributed by atoms with Crippen LogP contribution < -0.4 is 9.47 Å². The lowest BCUT2D eigenvalue weighted by molar-refractivity contribution is 0.414. The van der Waals surface area contributed by atoms with Crippen LogP contribution in [0.4, 0.5) is 0 Å². The van der Waals surface area contributed by atoms with Crippen molar-refractivity contribution >= 4 is 16.3 Å². The van der Waals surface area contributed by atoms with Crippen molar-refractivity contribution in [3.8, 4) is 33.5 Å². The van der Waals surface area contributed by atoms with E-state index in [1.807, 2.05) is 54.6 Å². The Labute approximate surface area is 176 Å². The van der Waals surface area contributed by atoms with Crippen LogP contribution in [-0.4, -0.2) is 44.2 Å². The van der Waals surface area contributed by atoms with Gasteiger partial charge in [0, 0.05) is 12.0 Å². The Bertz CT molecular complexity index is 1290. The van der Waals surface area contributed by atoms with Gasteiger partial charge in [-0.15, -0.1) is 10.2 Å². The first kappa shape index (κ1) is 18.3. The van der Waals surface area contributed by atoms with Crippen molar-refractivity contribution in [1.82, 2.24) is 30.0 Å². The highest BCUT2D eigenvalue weighted by atomic mass is 32.1. The van der Waals surface area contributed by atoms with Gasteiger partial charge < -0.3 is 9.47 Å². The van der Waals surface area contributed by atoms with Crippen LogP contribution in [0.15, 0.2) is 54.6 Å². The second-order valence-corrected chi connectivity index (χ2v) is 7.59. The van der Waals surface area contributed by atoms with E-state index in [2.05, 4.69) is 20.4 Å². The number of fused-ring (bicyclic) bond motifs is 1. The molecule has 1 N–H and O–H groups in total. The molecule has 30 heavy (non-hydrogen) atoms. The molecular formula is C21H18N6O2S. The van der Waals surface area contributed by atoms with Gasteiger partial charge in [-0.1, -0.05) is 23.5 Å². The monoisotopic (exact) mass is 418 g/mol. The number of ether oxygens (including phenoxy) is 2. The van der Waals surface area contributed by atoms with Gasteiger partial charge in [-0.2, -0.15) is 14.7 Å². The van der Waals surface area contributed by atoms with Crippen molar-refractivity contribution in [2.75, 3.05) is 14.2 Å². The smallest absolute Gasteiger partial charge is 0.235 e. The number of aromatic amines is 1. The van der Waals surface area contributed by atoms with Gasteiger partial charge in [-0.3, -0.25) is 5.10 Å². The summed E-state index contributed by atoms with van der Waals surface area (Å²) < 4.78 is 12.2. The van der Waals surface area contributed by atoms with Crippen LogP contribution in [0.2, 0.25) is 0 Å². The standard InChI is InChI=1S/C21H18N6O2S/c1-28-15-7-3-13(4-8-15)11-19-24-25-21-27(19)26-20(30-21)18-12-17(22-23-18)14-5-9-16(29-2)10-6-14/h3-10,12H,11H2,1-2H3,(H,22,23). The Morgan fingerprint density at radius 3 is 2.33 bits per heavy atom. The maximum absolute atomic E-state index is 5.21. The van der Waals surface area contributed by atoms with Gasteiger partial charge in [0.2, 0.25) is 4.96 Å². The molecule has 0 bridgehead atoms. The molecule has 150 valence electrons. The van der Waals surface area contributed by atoms with Crippen LogP contribution in [-0.2, 0) is 6.42 Å². The molecule has 0 radical (unpaired) electrons. The van der Waals surface area contributed by atoms with Crippen molar-refractivity contribution < 1.29 is 9.47 Å². The summed E-state index contributed by atoms with van der Waals surface area (Å²) in [6.45, 7) is 0. The summed E-state index contributed by atoms with van der Waals surface area (Å²) >= 11 is 1.47. The third kappa shape index (κ3) is 3.39. The van der Waals surface area contributed by atoms with E-state index in [1.165, 1.54) is 11.3 Å². The lowest BCUT2D eigenvalue weighted by Gasteiger charge is -2.01. The molecule has 0 fully saturated rings. The van der Waals surface area contributed by atoms with Gasteiger partial charge in [0.25, 0.3) is 0 Å². The van der Waals surface area contributed by atoms with E-state index >= 15 is 0 Å². The molecule has 3 aromatic heterocycles. The number of hydrogen-bond donors (Lipinski definition) is 1. The molecule has 0 atom stereocenters. The van der Waals surface area contributed by atoms with Crippen LogP contribution in [0.25, 0.3) is 26.9 Å². The topological polar surface area (TPSA) is 90.2 Å². The molecule has 3 heterocycles. The second-order valence-electron chi connectivity index (χ2n) is 6.64. The van der Waals surface area contributed by atoms with E-state index in [1.54, 1.807) is 18.7 Å². The van der Waals surface area contributed by atoms with Gasteiger partial charge >= 0.3 is 0 Å². The summed E-state index contributed by atoms with van der Waals surface area (Å²) in [4.78, 5) is 0.745. The van der Waals surface area contributed by atoms with E-state index in [0.29, 0.717) is 6.42 Å². The third-order valence-electron chi connectivity index (χ3n) is 4.77. The summed E-state index contributed by atoms with van der Waals surface area (Å²) in [5.41, 5.74) is 3.80. The van der Waals surface area contributed by atoms with Gasteiger partial charge in [0.1, 0.15) is 11.5 Å². The minimum atomic E-state index is 0.633. The first-order valence-corrected chi connectivity index (χ1v) is 10.1. The highest BCUT2D eigenvalue weighted by molar-refractivity contribution is 7.19. The van der Waals surface area contributed by atoms with E-state index in [-0.39, 0.29) is 0 Å². The van der Waals surface area contributed by atoms with E-state index < -0.39 is 0 Å². The molecule has 0 amide bonds. The molecule has 0 saturated carbocycles. The number of benzene rings is 2. The van der Waals surface area contributed by atoms with Gasteiger partial charge in [0.15, 0.2) is 10.8 Å². The van der Waals surface area contributed by atoms with Crippen molar-refractivity contribution in [3.05, 3.63) is 66.0 Å². The minimum absolute atomic E-state index is 0.633. The van der Waals surface area contributed by atoms with Crippen molar-refractivity contribution in [1.29, 1.82) is 0 Å². The van der Waals surface area contributed by atoms with E-state index in [4.69, 9.17) is 14.6 Å². The average Bonchev–Trinajstić information content (AvgIpc) is 3.51. The first-order valence-electron chi connectivity index (χ1n) is 9.28. The highest BCUT2D eigenvalue weighted by Crippen LogP contribution is 2.28. The largest absolute Gasteiger partial charge is 0.497 e. The minimum Gasteiger partial charge on any atom is -0.497 e. The van der Waals surface area contributed by atoms with Crippen LogP contribution in [0, 0.1) is 0 Å². The zero-order chi connectivity index (χ0) is 20.5. The molecule has 0 aliphatic carbocycles. The third-order valence-corrected chi connectivity index (χ3v) is 5.70.